The fourth-order valence-electron chi connectivity index (χ4n) is 8.86. The molecule has 10 heteroatoms. The summed E-state index contributed by atoms with van der Waals surface area (Å²) in [6, 6.07) is 6.41. The number of likely N-dealkylation sites (tertiary alicyclic amines) is 1. The Kier molecular flexibility index (Phi) is 14.1. The van der Waals surface area contributed by atoms with Crippen LogP contribution in [0.5, 0.6) is 0 Å². The Morgan fingerprint density at radius 2 is 1.50 bits per heavy atom. The van der Waals surface area contributed by atoms with Gasteiger partial charge in [0.2, 0.25) is 12.2 Å². The largest absolute Gasteiger partial charge is 0.331 e. The lowest BCUT2D eigenvalue weighted by molar-refractivity contribution is -0.159. The first-order valence-electron chi connectivity index (χ1n) is 18.5. The van der Waals surface area contributed by atoms with Crippen molar-refractivity contribution in [3.8, 4) is 0 Å². The molecule has 0 bridgehead atoms. The normalized spacial score (nSPS) is 23.1. The predicted molar refractivity (Wildman–Crippen MR) is 186 cm³/mol. The van der Waals surface area contributed by atoms with Gasteiger partial charge in [-0.3, -0.25) is 24.0 Å². The van der Waals surface area contributed by atoms with Gasteiger partial charge in [-0.1, -0.05) is 88.1 Å². The van der Waals surface area contributed by atoms with E-state index in [2.05, 4.69) is 0 Å². The molecule has 10 nitrogen and oxygen atoms in total. The Hall–Kier alpha value is -2.79. The number of carbonyl (C=O) groups excluding carboxylic acids is 5. The van der Waals surface area contributed by atoms with Crippen molar-refractivity contribution in [3.05, 3.63) is 35.9 Å². The minimum Gasteiger partial charge on any atom is -0.331 e. The lowest BCUT2D eigenvalue weighted by Gasteiger charge is -2.50. The molecule has 0 spiro atoms. The van der Waals surface area contributed by atoms with Crippen LogP contribution in [0.25, 0.3) is 0 Å². The molecule has 3 aliphatic rings. The summed E-state index contributed by atoms with van der Waals surface area (Å²) in [6.07, 6.45) is 13.3. The molecular formula is C38H58N5O5. The Bertz CT molecular complexity index is 1250. The molecule has 265 valence electrons. The Balaban J connectivity index is 1.80. The number of benzene rings is 1. The first-order valence-corrected chi connectivity index (χ1v) is 18.5. The summed E-state index contributed by atoms with van der Waals surface area (Å²) in [5.74, 6) is -2.82. The maximum atomic E-state index is 15.4. The molecule has 2 saturated carbocycles. The average molecular weight is 665 g/mol. The Morgan fingerprint density at radius 3 is 2.12 bits per heavy atom. The molecule has 48 heavy (non-hydrogen) atoms. The number of hydrogen-bond donors (Lipinski definition) is 4. The van der Waals surface area contributed by atoms with Crippen molar-refractivity contribution in [2.24, 2.45) is 40.2 Å². The van der Waals surface area contributed by atoms with E-state index >= 15 is 9.59 Å². The molecule has 8 N–H and O–H groups in total. The third-order valence-electron chi connectivity index (χ3n) is 11.5. The van der Waals surface area contributed by atoms with Gasteiger partial charge in [-0.05, 0) is 75.3 Å². The highest BCUT2D eigenvalue weighted by atomic mass is 16.2. The van der Waals surface area contributed by atoms with Gasteiger partial charge in [-0.15, -0.1) is 0 Å². The van der Waals surface area contributed by atoms with E-state index in [0.29, 0.717) is 51.5 Å². The van der Waals surface area contributed by atoms with Crippen LogP contribution in [-0.4, -0.2) is 71.2 Å². The van der Waals surface area contributed by atoms with Gasteiger partial charge < -0.3 is 27.8 Å². The van der Waals surface area contributed by atoms with E-state index in [1.165, 1.54) is 4.90 Å². The van der Waals surface area contributed by atoms with Gasteiger partial charge in [0.05, 0.1) is 18.1 Å². The standard InChI is InChI=1S/C38H58N5O5/c39-23-11-10-19-30(40)36(48)43-24-12-20-32(43)35(47)38(29-17-8-3-9-18-29,33(45)22-21-27-13-4-1-5-14-27)37(42,26-44)34(46)31(41)25-28-15-6-2-7-16-28/h1,4-5,13-14,28-32H,2-3,6-12,15-25,39-42H2/t30-,31+,32-,37-,38?/m0/s1. The van der Waals surface area contributed by atoms with Crippen molar-refractivity contribution in [2.45, 2.75) is 139 Å². The second-order valence-electron chi connectivity index (χ2n) is 14.6. The number of Topliss-reactive ketones (excluding diaryl/α,β-unsaturated/α-hetero) is 3. The van der Waals surface area contributed by atoms with Crippen molar-refractivity contribution in [1.29, 1.82) is 0 Å². The third kappa shape index (κ3) is 8.15. The zero-order chi connectivity index (χ0) is 34.7. The predicted octanol–water partition coefficient (Wildman–Crippen LogP) is 3.45. The van der Waals surface area contributed by atoms with E-state index in [0.717, 1.165) is 63.4 Å². The fraction of sp³-hybridized carbons (Fsp3) is 0.711. The van der Waals surface area contributed by atoms with Crippen LogP contribution in [0.3, 0.4) is 0 Å². The molecule has 2 aliphatic carbocycles. The van der Waals surface area contributed by atoms with E-state index in [9.17, 15) is 14.4 Å². The minimum atomic E-state index is -2.60. The zero-order valence-corrected chi connectivity index (χ0v) is 28.7. The number of carbonyl (C=O) groups is 4. The van der Waals surface area contributed by atoms with Crippen molar-refractivity contribution < 1.29 is 24.0 Å². The average Bonchev–Trinajstić information content (AvgIpc) is 3.61. The molecule has 5 atom stereocenters. The fourth-order valence-corrected chi connectivity index (χ4v) is 8.86. The summed E-state index contributed by atoms with van der Waals surface area (Å²) >= 11 is 0. The molecule has 4 rings (SSSR count). The van der Waals surface area contributed by atoms with E-state index in [1.54, 1.807) is 0 Å². The Morgan fingerprint density at radius 1 is 0.854 bits per heavy atom. The summed E-state index contributed by atoms with van der Waals surface area (Å²) < 4.78 is 0. The lowest BCUT2D eigenvalue weighted by Crippen LogP contribution is -2.75. The van der Waals surface area contributed by atoms with Crippen LogP contribution in [0.1, 0.15) is 115 Å². The van der Waals surface area contributed by atoms with Crippen LogP contribution in [0.15, 0.2) is 30.3 Å². The molecule has 1 heterocycles. The smallest absolute Gasteiger partial charge is 0.240 e. The van der Waals surface area contributed by atoms with Crippen LogP contribution < -0.4 is 22.9 Å². The van der Waals surface area contributed by atoms with E-state index in [1.807, 2.05) is 36.6 Å². The molecule has 0 aromatic heterocycles. The molecule has 1 aromatic carbocycles. The summed E-state index contributed by atoms with van der Waals surface area (Å²) in [6.45, 7) is 0.773. The summed E-state index contributed by atoms with van der Waals surface area (Å²) in [5.41, 5.74) is 21.7. The second-order valence-corrected chi connectivity index (χ2v) is 14.6. The van der Waals surface area contributed by atoms with Crippen molar-refractivity contribution >= 4 is 29.5 Å². The van der Waals surface area contributed by atoms with E-state index < -0.39 is 52.3 Å². The van der Waals surface area contributed by atoms with Gasteiger partial charge in [0.25, 0.3) is 0 Å². The summed E-state index contributed by atoms with van der Waals surface area (Å²) in [5, 5.41) is 0. The van der Waals surface area contributed by atoms with Crippen LogP contribution in [0, 0.1) is 17.3 Å². The molecule has 1 aliphatic heterocycles. The number of unbranched alkanes of at least 4 members (excludes halogenated alkanes) is 1. The van der Waals surface area contributed by atoms with Crippen LogP contribution in [0.4, 0.5) is 0 Å². The highest BCUT2D eigenvalue weighted by molar-refractivity contribution is 6.22. The lowest BCUT2D eigenvalue weighted by atomic mass is 9.51. The van der Waals surface area contributed by atoms with Crippen molar-refractivity contribution in [1.82, 2.24) is 4.90 Å². The van der Waals surface area contributed by atoms with Crippen LogP contribution >= 0.6 is 0 Å². The first kappa shape index (κ1) is 38.0. The van der Waals surface area contributed by atoms with E-state index in [-0.39, 0.29) is 31.2 Å². The second kappa shape index (κ2) is 17.7. The molecule has 1 saturated heterocycles. The van der Waals surface area contributed by atoms with Gasteiger partial charge in [0.1, 0.15) is 11.2 Å². The maximum absolute atomic E-state index is 15.4. The highest BCUT2D eigenvalue weighted by Crippen LogP contribution is 2.50. The number of ketones is 3. The molecule has 3 fully saturated rings. The molecular weight excluding hydrogens is 606 g/mol. The highest BCUT2D eigenvalue weighted by Gasteiger charge is 2.68. The molecule has 1 aromatic rings. The first-order chi connectivity index (χ1) is 23.1. The van der Waals surface area contributed by atoms with Gasteiger partial charge in [0, 0.05) is 13.0 Å². The van der Waals surface area contributed by atoms with Crippen molar-refractivity contribution in [2.75, 3.05) is 13.1 Å². The minimum absolute atomic E-state index is 0.0999. The number of hydrogen-bond acceptors (Lipinski definition) is 9. The number of rotatable bonds is 18. The van der Waals surface area contributed by atoms with Crippen LogP contribution in [-0.2, 0) is 30.4 Å². The molecule has 1 amide bonds. The zero-order valence-electron chi connectivity index (χ0n) is 28.7. The van der Waals surface area contributed by atoms with Gasteiger partial charge >= 0.3 is 0 Å². The van der Waals surface area contributed by atoms with Gasteiger partial charge in [0.15, 0.2) is 17.1 Å². The molecule has 1 unspecified atom stereocenters. The number of amides is 1. The Labute approximate surface area is 286 Å². The van der Waals surface area contributed by atoms with Gasteiger partial charge in [-0.25, -0.2) is 0 Å². The number of nitrogens with two attached hydrogens (primary N) is 4. The number of aryl methyl sites for hydroxylation is 1. The summed E-state index contributed by atoms with van der Waals surface area (Å²) in [7, 11) is 0. The number of nitrogens with zero attached hydrogens (tertiary/aromatic N) is 1. The van der Waals surface area contributed by atoms with E-state index in [4.69, 9.17) is 22.9 Å². The monoisotopic (exact) mass is 664 g/mol. The topological polar surface area (TPSA) is 193 Å². The third-order valence-corrected chi connectivity index (χ3v) is 11.5. The SMILES string of the molecule is NCCCC[C@H](N)C(=O)N1CCC[C@H]1C(=O)C(C(=O)CCc1ccccc1)(C1CCCCC1)[C@](N)([C]=O)C(=O)[C@H](N)CC1CCCCC1. The summed E-state index contributed by atoms with van der Waals surface area (Å²) in [4.78, 5) is 73.7. The maximum Gasteiger partial charge on any atom is 0.240 e. The van der Waals surface area contributed by atoms with Crippen molar-refractivity contribution in [3.63, 3.8) is 0 Å². The van der Waals surface area contributed by atoms with Gasteiger partial charge in [-0.2, -0.15) is 0 Å². The van der Waals surface area contributed by atoms with Crippen LogP contribution in [0.2, 0.25) is 0 Å². The quantitative estimate of drug-likeness (QED) is 0.134. The molecule has 1 radical (unpaired) electrons.